The van der Waals surface area contributed by atoms with Crippen LogP contribution < -0.4 is 14.4 Å². The van der Waals surface area contributed by atoms with E-state index in [9.17, 15) is 18.0 Å². The zero-order valence-electron chi connectivity index (χ0n) is 23.8. The Morgan fingerprint density at radius 2 is 1.60 bits per heavy atom. The summed E-state index contributed by atoms with van der Waals surface area (Å²) in [6.45, 7) is 7.22. The van der Waals surface area contributed by atoms with Crippen molar-refractivity contribution >= 4 is 27.5 Å². The fourth-order valence-electron chi connectivity index (χ4n) is 4.29. The number of nitrogens with one attached hydrogen (secondary N) is 1. The first-order valence-electron chi connectivity index (χ1n) is 13.5. The highest BCUT2D eigenvalue weighted by Gasteiger charge is 2.34. The van der Waals surface area contributed by atoms with Crippen molar-refractivity contribution in [3.05, 3.63) is 90.0 Å². The predicted octanol–water partition coefficient (Wildman–Crippen LogP) is 4.92. The number of benzene rings is 3. The highest BCUT2D eigenvalue weighted by Crippen LogP contribution is 2.25. The van der Waals surface area contributed by atoms with Crippen LogP contribution in [0.5, 0.6) is 5.75 Å². The zero-order chi connectivity index (χ0) is 29.3. The minimum absolute atomic E-state index is 0.0712. The first kappa shape index (κ1) is 30.7. The van der Waals surface area contributed by atoms with Gasteiger partial charge in [-0.15, -0.1) is 0 Å². The van der Waals surface area contributed by atoms with Crippen LogP contribution in [-0.4, -0.2) is 50.9 Å². The van der Waals surface area contributed by atoms with Gasteiger partial charge in [-0.1, -0.05) is 61.9 Å². The Morgan fingerprint density at radius 3 is 2.20 bits per heavy atom. The molecule has 40 heavy (non-hydrogen) atoms. The van der Waals surface area contributed by atoms with Crippen molar-refractivity contribution in [1.82, 2.24) is 10.2 Å². The van der Waals surface area contributed by atoms with Crippen LogP contribution in [-0.2, 0) is 26.2 Å². The van der Waals surface area contributed by atoms with Gasteiger partial charge in [-0.25, -0.2) is 8.42 Å². The number of amides is 2. The van der Waals surface area contributed by atoms with E-state index < -0.39 is 28.5 Å². The van der Waals surface area contributed by atoms with Gasteiger partial charge < -0.3 is 15.0 Å². The first-order chi connectivity index (χ1) is 19.1. The molecule has 3 aromatic rings. The number of hydrogen-bond donors (Lipinski definition) is 1. The normalized spacial score (nSPS) is 12.7. The van der Waals surface area contributed by atoms with Crippen molar-refractivity contribution in [3.8, 4) is 5.75 Å². The summed E-state index contributed by atoms with van der Waals surface area (Å²) in [4.78, 5) is 29.0. The van der Waals surface area contributed by atoms with Crippen molar-refractivity contribution in [2.24, 2.45) is 0 Å². The molecule has 3 rings (SSSR count). The predicted molar refractivity (Wildman–Crippen MR) is 158 cm³/mol. The number of aryl methyl sites for hydroxylation is 1. The maximum absolute atomic E-state index is 14.1. The van der Waals surface area contributed by atoms with Gasteiger partial charge in [0, 0.05) is 12.6 Å². The smallest absolute Gasteiger partial charge is 0.264 e. The largest absolute Gasteiger partial charge is 0.497 e. The van der Waals surface area contributed by atoms with Gasteiger partial charge in [0.25, 0.3) is 10.0 Å². The van der Waals surface area contributed by atoms with Crippen LogP contribution in [0.25, 0.3) is 0 Å². The topological polar surface area (TPSA) is 96.0 Å². The van der Waals surface area contributed by atoms with Crippen LogP contribution in [0.4, 0.5) is 5.69 Å². The number of sulfonamides is 1. The first-order valence-corrected chi connectivity index (χ1v) is 14.9. The van der Waals surface area contributed by atoms with Crippen molar-refractivity contribution in [2.75, 3.05) is 18.0 Å². The summed E-state index contributed by atoms with van der Waals surface area (Å²) in [7, 11) is -2.53. The fourth-order valence-corrected chi connectivity index (χ4v) is 5.70. The Labute approximate surface area is 238 Å². The molecule has 0 saturated heterocycles. The molecule has 214 valence electrons. The number of para-hydroxylation sites is 1. The van der Waals surface area contributed by atoms with Crippen LogP contribution in [0.2, 0.25) is 0 Å². The standard InChI is InChI=1S/C31H39N3O5S/c1-6-24(4)32-31(36)29(7-2)33(21-25-12-11-15-27(20-25)39-5)30(35)22-34(26-13-9-8-10-14-26)40(37,38)28-18-16-23(3)17-19-28/h8-20,24,29H,6-7,21-22H2,1-5H3,(H,32,36)/t24-,29+/m1/s1. The average molecular weight is 566 g/mol. The average Bonchev–Trinajstić information content (AvgIpc) is 2.96. The van der Waals surface area contributed by atoms with E-state index in [2.05, 4.69) is 5.32 Å². The van der Waals surface area contributed by atoms with Gasteiger partial charge in [-0.2, -0.15) is 0 Å². The number of ether oxygens (including phenoxy) is 1. The third-order valence-corrected chi connectivity index (χ3v) is 8.59. The molecular formula is C31H39N3O5S. The molecule has 0 aliphatic rings. The van der Waals surface area contributed by atoms with E-state index in [0.29, 0.717) is 17.9 Å². The van der Waals surface area contributed by atoms with E-state index >= 15 is 0 Å². The Bertz CT molecular complexity index is 1380. The second-order valence-corrected chi connectivity index (χ2v) is 11.6. The number of hydrogen-bond acceptors (Lipinski definition) is 5. The molecule has 2 atom stereocenters. The Kier molecular flexibility index (Phi) is 10.7. The van der Waals surface area contributed by atoms with Crippen LogP contribution in [0.1, 0.15) is 44.7 Å². The van der Waals surface area contributed by atoms with E-state index in [-0.39, 0.29) is 23.4 Å². The van der Waals surface area contributed by atoms with Crippen LogP contribution in [0, 0.1) is 6.92 Å². The molecule has 0 aromatic heterocycles. The van der Waals surface area contributed by atoms with Gasteiger partial charge in [-0.3, -0.25) is 13.9 Å². The lowest BCUT2D eigenvalue weighted by Crippen LogP contribution is -2.53. The summed E-state index contributed by atoms with van der Waals surface area (Å²) < 4.78 is 34.2. The van der Waals surface area contributed by atoms with Gasteiger partial charge in [0.05, 0.1) is 17.7 Å². The molecule has 0 radical (unpaired) electrons. The lowest BCUT2D eigenvalue weighted by atomic mass is 10.1. The van der Waals surface area contributed by atoms with Crippen molar-refractivity contribution in [3.63, 3.8) is 0 Å². The van der Waals surface area contributed by atoms with E-state index in [0.717, 1.165) is 21.9 Å². The molecule has 8 nitrogen and oxygen atoms in total. The van der Waals surface area contributed by atoms with E-state index in [1.54, 1.807) is 61.7 Å². The number of carbonyl (C=O) groups excluding carboxylic acids is 2. The second kappa shape index (κ2) is 14.0. The maximum atomic E-state index is 14.1. The van der Waals surface area contributed by atoms with Crippen molar-refractivity contribution < 1.29 is 22.7 Å². The molecular weight excluding hydrogens is 526 g/mol. The number of methoxy groups -OCH3 is 1. The highest BCUT2D eigenvalue weighted by atomic mass is 32.2. The molecule has 0 unspecified atom stereocenters. The van der Waals surface area contributed by atoms with Gasteiger partial charge in [0.2, 0.25) is 11.8 Å². The third-order valence-electron chi connectivity index (χ3n) is 6.81. The summed E-state index contributed by atoms with van der Waals surface area (Å²) in [5.41, 5.74) is 2.04. The number of anilines is 1. The summed E-state index contributed by atoms with van der Waals surface area (Å²) in [6, 6.07) is 21.4. The minimum Gasteiger partial charge on any atom is -0.497 e. The molecule has 0 heterocycles. The Hall–Kier alpha value is -3.85. The SMILES string of the molecule is CC[C@@H](C)NC(=O)[C@H](CC)N(Cc1cccc(OC)c1)C(=O)CN(c1ccccc1)S(=O)(=O)c1ccc(C)cc1. The molecule has 3 aromatic carbocycles. The van der Waals surface area contributed by atoms with Gasteiger partial charge in [0.1, 0.15) is 18.3 Å². The molecule has 9 heteroatoms. The summed E-state index contributed by atoms with van der Waals surface area (Å²) in [5, 5.41) is 2.98. The van der Waals surface area contributed by atoms with Crippen LogP contribution in [0.15, 0.2) is 83.8 Å². The van der Waals surface area contributed by atoms with Gasteiger partial charge in [0.15, 0.2) is 0 Å². The fraction of sp³-hybridized carbons (Fsp3) is 0.355. The monoisotopic (exact) mass is 565 g/mol. The summed E-state index contributed by atoms with van der Waals surface area (Å²) in [5.74, 6) is -0.149. The molecule has 0 aliphatic carbocycles. The van der Waals surface area contributed by atoms with Crippen LogP contribution in [0.3, 0.4) is 0 Å². The van der Waals surface area contributed by atoms with Gasteiger partial charge in [-0.05, 0) is 68.7 Å². The molecule has 1 N–H and O–H groups in total. The highest BCUT2D eigenvalue weighted by molar-refractivity contribution is 7.92. The Balaban J connectivity index is 2.04. The number of rotatable bonds is 13. The molecule has 0 bridgehead atoms. The van der Waals surface area contributed by atoms with E-state index in [1.165, 1.54) is 17.0 Å². The molecule has 0 spiro atoms. The molecule has 0 aliphatic heterocycles. The Morgan fingerprint density at radius 1 is 0.925 bits per heavy atom. The second-order valence-electron chi connectivity index (χ2n) is 9.78. The van der Waals surface area contributed by atoms with Crippen molar-refractivity contribution in [2.45, 2.75) is 64.1 Å². The van der Waals surface area contributed by atoms with Gasteiger partial charge >= 0.3 is 0 Å². The zero-order valence-corrected chi connectivity index (χ0v) is 24.6. The lowest BCUT2D eigenvalue weighted by molar-refractivity contribution is -0.140. The van der Waals surface area contributed by atoms with E-state index in [1.807, 2.05) is 39.8 Å². The number of carbonyl (C=O) groups is 2. The van der Waals surface area contributed by atoms with Crippen LogP contribution >= 0.6 is 0 Å². The quantitative estimate of drug-likeness (QED) is 0.317. The molecule has 2 amide bonds. The maximum Gasteiger partial charge on any atom is 0.264 e. The minimum atomic E-state index is -4.09. The summed E-state index contributed by atoms with van der Waals surface area (Å²) in [6.07, 6.45) is 1.09. The van der Waals surface area contributed by atoms with Crippen molar-refractivity contribution in [1.29, 1.82) is 0 Å². The number of nitrogens with zero attached hydrogens (tertiary/aromatic N) is 2. The lowest BCUT2D eigenvalue weighted by Gasteiger charge is -2.33. The molecule has 0 fully saturated rings. The van der Waals surface area contributed by atoms with E-state index in [4.69, 9.17) is 4.74 Å². The third kappa shape index (κ3) is 7.63. The summed E-state index contributed by atoms with van der Waals surface area (Å²) >= 11 is 0. The molecule has 0 saturated carbocycles.